The van der Waals surface area contributed by atoms with E-state index in [9.17, 15) is 0 Å². The van der Waals surface area contributed by atoms with E-state index < -0.39 is 0 Å². The third kappa shape index (κ3) is 2.63. The zero-order valence-electron chi connectivity index (χ0n) is 14.1. The monoisotopic (exact) mass is 251 g/mol. The van der Waals surface area contributed by atoms with Crippen molar-refractivity contribution >= 4 is 11.0 Å². The lowest BCUT2D eigenvalue weighted by atomic mass is 10.2. The highest BCUT2D eigenvalue weighted by Gasteiger charge is 1.96. The van der Waals surface area contributed by atoms with Crippen molar-refractivity contribution < 1.29 is 9.90 Å². The minimum Gasteiger partial charge on any atom is -0.464 e. The number of benzene rings is 1. The highest BCUT2D eigenvalue weighted by Crippen LogP contribution is 2.16. The molecular formula is C17H13NO. The van der Waals surface area contributed by atoms with Crippen molar-refractivity contribution in [1.29, 1.82) is 0 Å². The first-order valence-corrected chi connectivity index (χ1v) is 5.83. The molecule has 0 fully saturated rings. The van der Waals surface area contributed by atoms with Gasteiger partial charge >= 0.3 is 0 Å². The minimum absolute atomic E-state index is 0.153. The van der Waals surface area contributed by atoms with Gasteiger partial charge in [0.25, 0.3) is 0 Å². The molecule has 0 saturated heterocycles. The molecular weight excluding hydrogens is 234 g/mol. The molecule has 2 nitrogen and oxygen atoms in total. The summed E-state index contributed by atoms with van der Waals surface area (Å²) in [7, 11) is 0. The second-order valence-corrected chi connectivity index (χ2v) is 3.89. The lowest BCUT2D eigenvalue weighted by Gasteiger charge is -1.96. The molecule has 3 aromatic rings. The van der Waals surface area contributed by atoms with Crippen molar-refractivity contribution in [3.05, 3.63) is 79.1 Å². The normalized spacial score (nSPS) is 13.1. The van der Waals surface area contributed by atoms with Crippen molar-refractivity contribution in [3.63, 3.8) is 0 Å². The topological polar surface area (TPSA) is 26.0 Å². The van der Waals surface area contributed by atoms with Crippen molar-refractivity contribution in [3.8, 4) is 11.3 Å². The van der Waals surface area contributed by atoms with Gasteiger partial charge in [-0.2, -0.15) is 0 Å². The van der Waals surface area contributed by atoms with E-state index in [4.69, 9.17) is 9.90 Å². The van der Waals surface area contributed by atoms with Crippen LogP contribution in [-0.2, 0) is 0 Å². The van der Waals surface area contributed by atoms with Gasteiger partial charge in [-0.05, 0) is 24.2 Å². The molecule has 2 heterocycles. The second-order valence-electron chi connectivity index (χ2n) is 3.89. The van der Waals surface area contributed by atoms with Crippen LogP contribution in [0.5, 0.6) is 0 Å². The van der Waals surface area contributed by atoms with Crippen molar-refractivity contribution in [2.45, 2.75) is 0 Å². The summed E-state index contributed by atoms with van der Waals surface area (Å²) >= 11 is 0. The predicted octanol–water partition coefficient (Wildman–Crippen LogP) is 4.62. The van der Waals surface area contributed by atoms with Crippen molar-refractivity contribution in [1.82, 2.24) is 4.98 Å². The Kier molecular flexibility index (Phi) is 2.18. The maximum absolute atomic E-state index is 7.99. The zero-order chi connectivity index (χ0) is 16.4. The number of aromatic nitrogens is 1. The van der Waals surface area contributed by atoms with Gasteiger partial charge in [-0.1, -0.05) is 42.4 Å². The number of para-hydroxylation sites is 1. The van der Waals surface area contributed by atoms with Gasteiger partial charge in [0, 0.05) is 17.1 Å². The predicted molar refractivity (Wildman–Crippen MR) is 77.1 cm³/mol. The minimum atomic E-state index is -0.349. The van der Waals surface area contributed by atoms with Gasteiger partial charge in [0.05, 0.1) is 11.2 Å². The van der Waals surface area contributed by atoms with E-state index in [2.05, 4.69) is 4.98 Å². The van der Waals surface area contributed by atoms with Gasteiger partial charge in [-0.15, -0.1) is 0 Å². The summed E-state index contributed by atoms with van der Waals surface area (Å²) < 4.78 is 36.7. The van der Waals surface area contributed by atoms with Crippen LogP contribution in [0.2, 0.25) is 0 Å². The Morgan fingerprint density at radius 1 is 0.947 bits per heavy atom. The fourth-order valence-corrected chi connectivity index (χ4v) is 1.71. The van der Waals surface area contributed by atoms with E-state index in [1.807, 2.05) is 36.4 Å². The third-order valence-corrected chi connectivity index (χ3v) is 2.63. The molecule has 0 unspecified atom stereocenters. The molecule has 0 saturated carbocycles. The first-order valence-electron chi connectivity index (χ1n) is 7.83. The molecule has 0 bridgehead atoms. The SMILES string of the molecule is [2H]c1nc(-c2ccccc3ccccc3oc2)c([2H])c([2H])c1[2H]. The Morgan fingerprint density at radius 3 is 2.63 bits per heavy atom. The number of hydrogen-bond donors (Lipinski definition) is 0. The standard InChI is InChI=1S/C17H13NO/c1-2-9-15(16-10-5-6-12-18-16)13-19-17-11-4-3-8-14(17)7-1/h1-13H/i5D,6D,10D,12D. The summed E-state index contributed by atoms with van der Waals surface area (Å²) in [5.74, 6) is 0. The molecule has 19 heavy (non-hydrogen) atoms. The number of fused-ring (bicyclic) bond motifs is 1. The summed E-state index contributed by atoms with van der Waals surface area (Å²) in [6.45, 7) is 0. The first-order chi connectivity index (χ1) is 11.1. The summed E-state index contributed by atoms with van der Waals surface area (Å²) in [5, 5.41) is 0.914. The maximum atomic E-state index is 7.99. The molecule has 0 aliphatic carbocycles. The molecule has 92 valence electrons. The average Bonchev–Trinajstić information content (AvgIpc) is 2.66. The van der Waals surface area contributed by atoms with Crippen LogP contribution >= 0.6 is 0 Å². The molecule has 0 atom stereocenters. The number of hydrogen-bond acceptors (Lipinski definition) is 2. The highest BCUT2D eigenvalue weighted by molar-refractivity contribution is 5.75. The average molecular weight is 251 g/mol. The first kappa shape index (κ1) is 7.74. The number of pyridine rings is 1. The number of nitrogens with zero attached hydrogens (tertiary/aromatic N) is 1. The van der Waals surface area contributed by atoms with E-state index in [0.29, 0.717) is 11.1 Å². The van der Waals surface area contributed by atoms with Crippen LogP contribution < -0.4 is 0 Å². The van der Waals surface area contributed by atoms with Gasteiger partial charge < -0.3 is 4.42 Å². The highest BCUT2D eigenvalue weighted by atomic mass is 16.3. The maximum Gasteiger partial charge on any atom is 0.133 e. The Morgan fingerprint density at radius 2 is 1.74 bits per heavy atom. The van der Waals surface area contributed by atoms with Gasteiger partial charge in [0.15, 0.2) is 0 Å². The molecule has 0 aliphatic rings. The Bertz CT molecular complexity index is 935. The summed E-state index contributed by atoms with van der Waals surface area (Å²) in [5.41, 5.74) is 1.28. The van der Waals surface area contributed by atoms with E-state index in [1.54, 1.807) is 12.1 Å². The molecule has 1 aromatic carbocycles. The van der Waals surface area contributed by atoms with Crippen LogP contribution in [0.4, 0.5) is 0 Å². The zero-order valence-corrected chi connectivity index (χ0v) is 10.1. The summed E-state index contributed by atoms with van der Waals surface area (Å²) in [6.07, 6.45) is 1.12. The largest absolute Gasteiger partial charge is 0.464 e. The van der Waals surface area contributed by atoms with Crippen molar-refractivity contribution in [2.24, 2.45) is 0 Å². The van der Waals surface area contributed by atoms with E-state index in [1.165, 1.54) is 6.26 Å². The second kappa shape index (κ2) is 5.36. The molecule has 0 spiro atoms. The van der Waals surface area contributed by atoms with E-state index >= 15 is 0 Å². The molecule has 3 rings (SSSR count). The van der Waals surface area contributed by atoms with E-state index in [0.717, 1.165) is 5.39 Å². The van der Waals surface area contributed by atoms with Crippen LogP contribution in [0, 0.1) is 0 Å². The van der Waals surface area contributed by atoms with Crippen LogP contribution in [0.15, 0.2) is 83.5 Å². The number of rotatable bonds is 1. The Labute approximate surface area is 117 Å². The van der Waals surface area contributed by atoms with Gasteiger partial charge in [0.2, 0.25) is 0 Å². The van der Waals surface area contributed by atoms with Gasteiger partial charge in [-0.25, -0.2) is 0 Å². The van der Waals surface area contributed by atoms with Crippen LogP contribution in [0.1, 0.15) is 5.48 Å². The van der Waals surface area contributed by atoms with Crippen LogP contribution in [-0.4, -0.2) is 4.98 Å². The summed E-state index contributed by atoms with van der Waals surface area (Å²) in [6, 6.07) is 13.9. The quantitative estimate of drug-likeness (QED) is 0.630. The molecule has 0 radical (unpaired) electrons. The Hall–Kier alpha value is -2.61. The molecule has 2 aromatic heterocycles. The van der Waals surface area contributed by atoms with Crippen LogP contribution in [0.3, 0.4) is 0 Å². The summed E-state index contributed by atoms with van der Waals surface area (Å²) in [4.78, 5) is 3.96. The van der Waals surface area contributed by atoms with Crippen molar-refractivity contribution in [2.75, 3.05) is 0 Å². The fraction of sp³-hybridized carbons (Fsp3) is 0. The molecule has 2 heteroatoms. The van der Waals surface area contributed by atoms with E-state index in [-0.39, 0.29) is 30.0 Å². The smallest absolute Gasteiger partial charge is 0.133 e. The molecule has 0 N–H and O–H groups in total. The molecule has 0 aliphatic heterocycles. The lowest BCUT2D eigenvalue weighted by molar-refractivity contribution is 0.608. The van der Waals surface area contributed by atoms with Gasteiger partial charge in [0.1, 0.15) is 11.8 Å². The third-order valence-electron chi connectivity index (χ3n) is 2.63. The Balaban J connectivity index is 2.29. The molecule has 0 amide bonds. The fourth-order valence-electron chi connectivity index (χ4n) is 1.71. The van der Waals surface area contributed by atoms with Crippen LogP contribution in [0.25, 0.3) is 22.2 Å². The lowest BCUT2D eigenvalue weighted by Crippen LogP contribution is -1.78. The van der Waals surface area contributed by atoms with Gasteiger partial charge in [-0.3, -0.25) is 4.98 Å².